The second-order valence-electron chi connectivity index (χ2n) is 8.01. The Balaban J connectivity index is 1.51. The molecule has 2 heterocycles. The summed E-state index contributed by atoms with van der Waals surface area (Å²) in [6.07, 6.45) is 1.83. The van der Waals surface area contributed by atoms with E-state index in [0.29, 0.717) is 16.6 Å². The van der Waals surface area contributed by atoms with Crippen molar-refractivity contribution < 1.29 is 22.4 Å². The van der Waals surface area contributed by atoms with Crippen molar-refractivity contribution in [2.75, 3.05) is 17.8 Å². The molecule has 0 N–H and O–H groups in total. The first-order valence-electron chi connectivity index (χ1n) is 10.8. The summed E-state index contributed by atoms with van der Waals surface area (Å²) in [6, 6.07) is 13.9. The Hall–Kier alpha value is -3.17. The van der Waals surface area contributed by atoms with Gasteiger partial charge in [0.2, 0.25) is 5.91 Å². The molecule has 0 saturated carbocycles. The van der Waals surface area contributed by atoms with E-state index in [0.717, 1.165) is 21.3 Å². The molecule has 0 atom stereocenters. The van der Waals surface area contributed by atoms with Gasteiger partial charge in [0.15, 0.2) is 15.0 Å². The number of aromatic nitrogens is 1. The molecule has 0 aliphatic carbocycles. The van der Waals surface area contributed by atoms with Gasteiger partial charge in [0.1, 0.15) is 11.5 Å². The van der Waals surface area contributed by atoms with Gasteiger partial charge in [-0.15, -0.1) is 0 Å². The van der Waals surface area contributed by atoms with Gasteiger partial charge in [0.25, 0.3) is 0 Å². The summed E-state index contributed by atoms with van der Waals surface area (Å²) in [5.41, 5.74) is 3.09. The lowest BCUT2D eigenvalue weighted by Crippen LogP contribution is -2.30. The number of furan rings is 1. The average Bonchev–Trinajstić information content (AvgIpc) is 3.50. The molecule has 34 heavy (non-hydrogen) atoms. The Morgan fingerprint density at radius 3 is 2.56 bits per heavy atom. The monoisotopic (exact) mass is 498 g/mol. The first-order chi connectivity index (χ1) is 16.3. The van der Waals surface area contributed by atoms with Gasteiger partial charge in [-0.2, -0.15) is 0 Å². The first-order valence-corrected chi connectivity index (χ1v) is 13.3. The molecule has 7 nitrogen and oxygen atoms in total. The zero-order chi connectivity index (χ0) is 24.3. The van der Waals surface area contributed by atoms with Crippen molar-refractivity contribution in [3.8, 4) is 5.75 Å². The maximum Gasteiger partial charge on any atom is 0.229 e. The molecular weight excluding hydrogens is 472 g/mol. The predicted molar refractivity (Wildman–Crippen MR) is 133 cm³/mol. The van der Waals surface area contributed by atoms with Crippen LogP contribution in [0.4, 0.5) is 5.13 Å². The van der Waals surface area contributed by atoms with E-state index in [-0.39, 0.29) is 35.9 Å². The number of benzene rings is 2. The lowest BCUT2D eigenvalue weighted by atomic mass is 10.1. The van der Waals surface area contributed by atoms with Crippen LogP contribution in [0.15, 0.2) is 64.1 Å². The summed E-state index contributed by atoms with van der Waals surface area (Å²) >= 11 is 1.44. The summed E-state index contributed by atoms with van der Waals surface area (Å²) in [5, 5.41) is 0.572. The lowest BCUT2D eigenvalue weighted by Gasteiger charge is -2.18. The van der Waals surface area contributed by atoms with E-state index < -0.39 is 9.84 Å². The molecule has 178 valence electrons. The highest BCUT2D eigenvalue weighted by Gasteiger charge is 2.23. The molecule has 0 bridgehead atoms. The Morgan fingerprint density at radius 1 is 1.12 bits per heavy atom. The standard InChI is InChI=1S/C25H26N2O5S2/c1-17-8-13-22-24(18(17)2)26-25(33-22)27(16-20-6-4-14-32-20)23(28)7-5-15-34(29,30)21-11-9-19(31-3)10-12-21/h4,6,8-14H,5,7,15-16H2,1-3H3. The van der Waals surface area contributed by atoms with Crippen molar-refractivity contribution in [3.05, 3.63) is 71.7 Å². The number of anilines is 1. The Bertz CT molecular complexity index is 1390. The number of carbonyl (C=O) groups is 1. The highest BCUT2D eigenvalue weighted by atomic mass is 32.2. The van der Waals surface area contributed by atoms with Crippen molar-refractivity contribution in [2.45, 2.75) is 38.1 Å². The number of carbonyl (C=O) groups excluding carboxylic acids is 1. The Labute approximate surface area is 202 Å². The van der Waals surface area contributed by atoms with E-state index in [2.05, 4.69) is 0 Å². The lowest BCUT2D eigenvalue weighted by molar-refractivity contribution is -0.118. The molecule has 4 aromatic rings. The number of hydrogen-bond donors (Lipinski definition) is 0. The van der Waals surface area contributed by atoms with Crippen LogP contribution in [-0.4, -0.2) is 32.2 Å². The van der Waals surface area contributed by atoms with E-state index in [1.54, 1.807) is 35.4 Å². The molecule has 4 rings (SSSR count). The molecule has 0 spiro atoms. The molecule has 0 unspecified atom stereocenters. The van der Waals surface area contributed by atoms with Gasteiger partial charge < -0.3 is 9.15 Å². The van der Waals surface area contributed by atoms with Crippen LogP contribution in [0, 0.1) is 13.8 Å². The van der Waals surface area contributed by atoms with Crippen LogP contribution in [0.2, 0.25) is 0 Å². The molecule has 0 radical (unpaired) electrons. The van der Waals surface area contributed by atoms with Crippen molar-refractivity contribution in [1.29, 1.82) is 0 Å². The third-order valence-corrected chi connectivity index (χ3v) is 8.58. The third-order valence-electron chi connectivity index (χ3n) is 5.72. The van der Waals surface area contributed by atoms with Crippen molar-refractivity contribution >= 4 is 42.4 Å². The molecule has 0 saturated heterocycles. The van der Waals surface area contributed by atoms with E-state index in [4.69, 9.17) is 14.1 Å². The summed E-state index contributed by atoms with van der Waals surface area (Å²) < 4.78 is 37.0. The minimum atomic E-state index is -3.51. The maximum atomic E-state index is 13.2. The molecule has 0 aliphatic rings. The maximum absolute atomic E-state index is 13.2. The van der Waals surface area contributed by atoms with Crippen LogP contribution < -0.4 is 9.64 Å². The molecular formula is C25H26N2O5S2. The number of methoxy groups -OCH3 is 1. The molecule has 2 aromatic carbocycles. The number of nitrogens with zero attached hydrogens (tertiary/aromatic N) is 2. The average molecular weight is 499 g/mol. The smallest absolute Gasteiger partial charge is 0.229 e. The quantitative estimate of drug-likeness (QED) is 0.311. The minimum absolute atomic E-state index is 0.0734. The third kappa shape index (κ3) is 5.15. The number of thiazole rings is 1. The molecule has 0 fully saturated rings. The van der Waals surface area contributed by atoms with Crippen molar-refractivity contribution in [2.24, 2.45) is 0 Å². The molecule has 1 amide bonds. The number of ether oxygens (including phenoxy) is 1. The predicted octanol–water partition coefficient (Wildman–Crippen LogP) is 5.30. The van der Waals surface area contributed by atoms with Crippen LogP contribution in [-0.2, 0) is 21.2 Å². The van der Waals surface area contributed by atoms with Crippen LogP contribution >= 0.6 is 11.3 Å². The fourth-order valence-corrected chi connectivity index (χ4v) is 5.95. The summed E-state index contributed by atoms with van der Waals surface area (Å²) in [6.45, 7) is 4.28. The van der Waals surface area contributed by atoms with Crippen molar-refractivity contribution in [3.63, 3.8) is 0 Å². The van der Waals surface area contributed by atoms with E-state index in [1.165, 1.54) is 30.6 Å². The number of rotatable bonds is 9. The fourth-order valence-electron chi connectivity index (χ4n) is 3.60. The molecule has 0 aliphatic heterocycles. The summed E-state index contributed by atoms with van der Waals surface area (Å²) in [7, 11) is -1.98. The zero-order valence-corrected chi connectivity index (χ0v) is 20.9. The van der Waals surface area contributed by atoms with Gasteiger partial charge in [-0.25, -0.2) is 13.4 Å². The molecule has 9 heteroatoms. The largest absolute Gasteiger partial charge is 0.497 e. The van der Waals surface area contributed by atoms with Crippen LogP contribution in [0.25, 0.3) is 10.2 Å². The highest BCUT2D eigenvalue weighted by molar-refractivity contribution is 7.91. The van der Waals surface area contributed by atoms with Crippen LogP contribution in [0.1, 0.15) is 29.7 Å². The second-order valence-corrected chi connectivity index (χ2v) is 11.1. The summed E-state index contributed by atoms with van der Waals surface area (Å²) in [5.74, 6) is 0.891. The minimum Gasteiger partial charge on any atom is -0.497 e. The van der Waals surface area contributed by atoms with Crippen LogP contribution in [0.5, 0.6) is 5.75 Å². The number of fused-ring (bicyclic) bond motifs is 1. The van der Waals surface area contributed by atoms with Crippen LogP contribution in [0.3, 0.4) is 0 Å². The number of amides is 1. The van der Waals surface area contributed by atoms with E-state index in [1.807, 2.05) is 26.0 Å². The zero-order valence-electron chi connectivity index (χ0n) is 19.3. The Morgan fingerprint density at radius 2 is 1.88 bits per heavy atom. The van der Waals surface area contributed by atoms with Gasteiger partial charge in [0.05, 0.1) is 40.8 Å². The van der Waals surface area contributed by atoms with Crippen molar-refractivity contribution in [1.82, 2.24) is 4.98 Å². The normalized spacial score (nSPS) is 11.6. The summed E-state index contributed by atoms with van der Waals surface area (Å²) in [4.78, 5) is 19.8. The van der Waals surface area contributed by atoms with Gasteiger partial charge >= 0.3 is 0 Å². The fraction of sp³-hybridized carbons (Fsp3) is 0.280. The van der Waals surface area contributed by atoms with Gasteiger partial charge in [-0.3, -0.25) is 9.69 Å². The van der Waals surface area contributed by atoms with E-state index >= 15 is 0 Å². The Kier molecular flexibility index (Phi) is 7.04. The second kappa shape index (κ2) is 9.99. The first kappa shape index (κ1) is 24.0. The SMILES string of the molecule is COc1ccc(S(=O)(=O)CCCC(=O)N(Cc2ccco2)c2nc3c(C)c(C)ccc3s2)cc1. The molecule has 2 aromatic heterocycles. The van der Waals surface area contributed by atoms with Gasteiger partial charge in [0, 0.05) is 6.42 Å². The number of hydrogen-bond acceptors (Lipinski definition) is 7. The number of sulfone groups is 1. The van der Waals surface area contributed by atoms with Gasteiger partial charge in [-0.1, -0.05) is 17.4 Å². The number of aryl methyl sites for hydroxylation is 2. The topological polar surface area (TPSA) is 89.7 Å². The van der Waals surface area contributed by atoms with Gasteiger partial charge in [-0.05, 0) is 73.9 Å². The van der Waals surface area contributed by atoms with E-state index in [9.17, 15) is 13.2 Å². The highest BCUT2D eigenvalue weighted by Crippen LogP contribution is 2.33.